The van der Waals surface area contributed by atoms with Crippen LogP contribution in [0.25, 0.3) is 0 Å². The summed E-state index contributed by atoms with van der Waals surface area (Å²) in [6.07, 6.45) is 0. The van der Waals surface area contributed by atoms with Crippen LogP contribution in [0.1, 0.15) is 0 Å². The van der Waals surface area contributed by atoms with E-state index in [1.54, 1.807) is 0 Å². The summed E-state index contributed by atoms with van der Waals surface area (Å²) in [6, 6.07) is 8.76. The second-order valence-corrected chi connectivity index (χ2v) is 14.0. The SMILES string of the molecule is C[Si](C)(C)C[Se]c1ccc(Br)cc1. The van der Waals surface area contributed by atoms with Crippen LogP contribution in [-0.2, 0) is 0 Å². The van der Waals surface area contributed by atoms with Crippen LogP contribution in [0.5, 0.6) is 0 Å². The van der Waals surface area contributed by atoms with Crippen molar-refractivity contribution in [3.8, 4) is 0 Å². The Balaban J connectivity index is 2.51. The van der Waals surface area contributed by atoms with Crippen LogP contribution in [-0.4, -0.2) is 23.0 Å². The quantitative estimate of drug-likeness (QED) is 0.751. The normalized spacial score (nSPS) is 11.7. The Morgan fingerprint density at radius 3 is 2.15 bits per heavy atom. The van der Waals surface area contributed by atoms with E-state index in [4.69, 9.17) is 0 Å². The summed E-state index contributed by atoms with van der Waals surface area (Å²) in [7, 11) is -0.838. The average molecular weight is 322 g/mol. The van der Waals surface area contributed by atoms with E-state index in [1.165, 1.54) is 13.9 Å². The van der Waals surface area contributed by atoms with Gasteiger partial charge in [-0.3, -0.25) is 0 Å². The molecule has 0 nitrogen and oxygen atoms in total. The summed E-state index contributed by atoms with van der Waals surface area (Å²) in [4.78, 5) is 1.45. The third-order valence-corrected chi connectivity index (χ3v) is 10.7. The Labute approximate surface area is 96.4 Å². The number of benzene rings is 1. The molecule has 13 heavy (non-hydrogen) atoms. The van der Waals surface area contributed by atoms with Crippen LogP contribution in [0.3, 0.4) is 0 Å². The van der Waals surface area contributed by atoms with Gasteiger partial charge in [0.05, 0.1) is 0 Å². The van der Waals surface area contributed by atoms with E-state index >= 15 is 0 Å². The maximum absolute atomic E-state index is 3.45. The number of hydrogen-bond donors (Lipinski definition) is 0. The molecule has 0 aliphatic carbocycles. The summed E-state index contributed by atoms with van der Waals surface area (Å²) >= 11 is 4.14. The fraction of sp³-hybridized carbons (Fsp3) is 0.400. The molecule has 0 amide bonds. The number of halogens is 1. The minimum absolute atomic E-state index is 0.686. The molecule has 0 radical (unpaired) electrons. The van der Waals surface area contributed by atoms with Gasteiger partial charge in [-0.1, -0.05) is 0 Å². The van der Waals surface area contributed by atoms with Crippen molar-refractivity contribution in [3.63, 3.8) is 0 Å². The molecule has 72 valence electrons. The van der Waals surface area contributed by atoms with Crippen molar-refractivity contribution >= 4 is 43.4 Å². The summed E-state index contributed by atoms with van der Waals surface area (Å²) in [5.41, 5.74) is 0. The van der Waals surface area contributed by atoms with E-state index < -0.39 is 8.07 Å². The molecular formula is C10H15BrSeSi. The fourth-order valence-electron chi connectivity index (χ4n) is 0.831. The molecule has 0 aliphatic rings. The molecule has 0 aromatic heterocycles. The molecule has 0 spiro atoms. The maximum atomic E-state index is 3.45. The van der Waals surface area contributed by atoms with Gasteiger partial charge in [0.15, 0.2) is 0 Å². The van der Waals surface area contributed by atoms with Crippen LogP contribution in [0.15, 0.2) is 28.7 Å². The molecular weight excluding hydrogens is 307 g/mol. The van der Waals surface area contributed by atoms with Crippen molar-refractivity contribution < 1.29 is 0 Å². The van der Waals surface area contributed by atoms with Crippen molar-refractivity contribution in [1.82, 2.24) is 0 Å². The van der Waals surface area contributed by atoms with Crippen LogP contribution in [0, 0.1) is 0 Å². The van der Waals surface area contributed by atoms with E-state index in [0.29, 0.717) is 15.0 Å². The van der Waals surface area contributed by atoms with Crippen molar-refractivity contribution in [1.29, 1.82) is 0 Å². The fourth-order valence-corrected chi connectivity index (χ4v) is 6.16. The van der Waals surface area contributed by atoms with E-state index in [2.05, 4.69) is 59.8 Å². The molecule has 1 aromatic rings. The van der Waals surface area contributed by atoms with Crippen LogP contribution < -0.4 is 4.46 Å². The van der Waals surface area contributed by atoms with Gasteiger partial charge in [0.25, 0.3) is 0 Å². The molecule has 0 bridgehead atoms. The Kier molecular flexibility index (Phi) is 4.24. The Bertz CT molecular complexity index is 263. The molecule has 0 N–H and O–H groups in total. The first-order chi connectivity index (χ1) is 5.97. The van der Waals surface area contributed by atoms with Crippen molar-refractivity contribution in [3.05, 3.63) is 28.7 Å². The van der Waals surface area contributed by atoms with E-state index in [-0.39, 0.29) is 0 Å². The monoisotopic (exact) mass is 322 g/mol. The third kappa shape index (κ3) is 5.01. The van der Waals surface area contributed by atoms with Gasteiger partial charge in [-0.2, -0.15) is 0 Å². The molecule has 1 rings (SSSR count). The zero-order chi connectivity index (χ0) is 9.90. The minimum atomic E-state index is -0.838. The van der Waals surface area contributed by atoms with Crippen molar-refractivity contribution in [2.45, 2.75) is 24.6 Å². The zero-order valence-corrected chi connectivity index (χ0v) is 12.6. The first kappa shape index (κ1) is 11.5. The summed E-state index contributed by atoms with van der Waals surface area (Å²) < 4.78 is 2.71. The molecule has 0 fully saturated rings. The van der Waals surface area contributed by atoms with E-state index in [1.807, 2.05) is 0 Å². The Morgan fingerprint density at radius 1 is 1.15 bits per heavy atom. The predicted octanol–water partition coefficient (Wildman–Crippen LogP) is 3.07. The number of hydrogen-bond acceptors (Lipinski definition) is 0. The topological polar surface area (TPSA) is 0 Å². The Hall–Kier alpha value is 0.436. The molecule has 0 saturated carbocycles. The molecule has 1 aromatic carbocycles. The van der Waals surface area contributed by atoms with E-state index in [0.717, 1.165) is 0 Å². The van der Waals surface area contributed by atoms with Gasteiger partial charge in [0.1, 0.15) is 0 Å². The Morgan fingerprint density at radius 2 is 1.69 bits per heavy atom. The van der Waals surface area contributed by atoms with E-state index in [9.17, 15) is 0 Å². The first-order valence-electron chi connectivity index (χ1n) is 4.36. The van der Waals surface area contributed by atoms with Gasteiger partial charge in [-0.05, 0) is 0 Å². The molecule has 0 unspecified atom stereocenters. The zero-order valence-electron chi connectivity index (χ0n) is 8.30. The molecule has 0 saturated heterocycles. The predicted molar refractivity (Wildman–Crippen MR) is 67.7 cm³/mol. The number of rotatable bonds is 3. The standard InChI is InChI=1S/C10H15BrSeSi/c1-13(2,3)8-12-10-6-4-9(11)5-7-10/h4-7H,8H2,1-3H3. The van der Waals surface area contributed by atoms with Gasteiger partial charge in [0, 0.05) is 0 Å². The first-order valence-corrected chi connectivity index (χ1v) is 10.9. The van der Waals surface area contributed by atoms with Gasteiger partial charge in [0.2, 0.25) is 0 Å². The summed E-state index contributed by atoms with van der Waals surface area (Å²) in [6.45, 7) is 7.31. The second kappa shape index (κ2) is 4.79. The van der Waals surface area contributed by atoms with Crippen molar-refractivity contribution in [2.24, 2.45) is 0 Å². The molecule has 3 heteroatoms. The van der Waals surface area contributed by atoms with Gasteiger partial charge < -0.3 is 0 Å². The third-order valence-electron chi connectivity index (χ3n) is 1.49. The van der Waals surface area contributed by atoms with Crippen LogP contribution >= 0.6 is 15.9 Å². The summed E-state index contributed by atoms with van der Waals surface area (Å²) in [5, 5.41) is 0. The molecule has 0 aliphatic heterocycles. The summed E-state index contributed by atoms with van der Waals surface area (Å²) in [5.74, 6) is 0. The molecule has 0 heterocycles. The van der Waals surface area contributed by atoms with Crippen LogP contribution in [0.4, 0.5) is 0 Å². The van der Waals surface area contributed by atoms with Gasteiger partial charge in [-0.25, -0.2) is 0 Å². The molecule has 0 atom stereocenters. The van der Waals surface area contributed by atoms with Gasteiger partial charge >= 0.3 is 96.7 Å². The van der Waals surface area contributed by atoms with Crippen molar-refractivity contribution in [2.75, 3.05) is 0 Å². The van der Waals surface area contributed by atoms with Crippen LogP contribution in [0.2, 0.25) is 24.6 Å². The average Bonchev–Trinajstić information content (AvgIpc) is 2.02. The van der Waals surface area contributed by atoms with Gasteiger partial charge in [-0.15, -0.1) is 0 Å². The second-order valence-electron chi connectivity index (χ2n) is 4.30.